The van der Waals surface area contributed by atoms with E-state index < -0.39 is 15.7 Å². The van der Waals surface area contributed by atoms with Crippen LogP contribution in [0.5, 0.6) is 0 Å². The molecule has 8 heteroatoms. The normalized spacial score (nSPS) is 17.8. The van der Waals surface area contributed by atoms with Crippen molar-refractivity contribution >= 4 is 31.8 Å². The van der Waals surface area contributed by atoms with Gasteiger partial charge in [0, 0.05) is 6.54 Å². The van der Waals surface area contributed by atoms with E-state index in [9.17, 15) is 8.42 Å². The molecule has 1 aliphatic heterocycles. The zero-order valence-corrected chi connectivity index (χ0v) is 13.3. The highest BCUT2D eigenvalue weighted by atomic mass is 32.2. The van der Waals surface area contributed by atoms with E-state index in [2.05, 4.69) is 14.4 Å². The number of hydrogen-bond acceptors (Lipinski definition) is 5. The van der Waals surface area contributed by atoms with Crippen LogP contribution in [0.25, 0.3) is 10.2 Å². The number of nitrogens with zero attached hydrogens (tertiary/aromatic N) is 1. The van der Waals surface area contributed by atoms with E-state index >= 15 is 0 Å². The number of rotatable bonds is 6. The summed E-state index contributed by atoms with van der Waals surface area (Å²) >= 11 is 1.50. The number of nitrogens with one attached hydrogen (secondary N) is 2. The summed E-state index contributed by atoms with van der Waals surface area (Å²) in [6.45, 7) is 2.93. The molecule has 21 heavy (non-hydrogen) atoms. The lowest BCUT2D eigenvalue weighted by atomic mass is 10.0. The highest BCUT2D eigenvalue weighted by Gasteiger charge is 2.46. The molecule has 0 bridgehead atoms. The molecule has 0 radical (unpaired) electrons. The van der Waals surface area contributed by atoms with Crippen molar-refractivity contribution in [3.63, 3.8) is 0 Å². The van der Waals surface area contributed by atoms with Gasteiger partial charge >= 0.3 is 0 Å². The van der Waals surface area contributed by atoms with Gasteiger partial charge in [0.05, 0.1) is 23.4 Å². The highest BCUT2D eigenvalue weighted by molar-refractivity contribution is 7.87. The van der Waals surface area contributed by atoms with E-state index in [1.54, 1.807) is 0 Å². The fourth-order valence-corrected chi connectivity index (χ4v) is 4.56. The van der Waals surface area contributed by atoms with Crippen LogP contribution in [0.3, 0.4) is 0 Å². The fraction of sp³-hybridized carbons (Fsp3) is 0.462. The summed E-state index contributed by atoms with van der Waals surface area (Å²) in [7, 11) is -3.56. The molecule has 1 saturated heterocycles. The van der Waals surface area contributed by atoms with Gasteiger partial charge in [-0.3, -0.25) is 0 Å². The lowest BCUT2D eigenvalue weighted by molar-refractivity contribution is -0.0665. The number of ether oxygens (including phenoxy) is 1. The molecule has 6 nitrogen and oxygen atoms in total. The number of hydrogen-bond donors (Lipinski definition) is 2. The van der Waals surface area contributed by atoms with Crippen LogP contribution in [-0.4, -0.2) is 33.2 Å². The van der Waals surface area contributed by atoms with E-state index in [-0.39, 0.29) is 0 Å². The van der Waals surface area contributed by atoms with Crippen molar-refractivity contribution in [2.45, 2.75) is 18.9 Å². The minimum Gasteiger partial charge on any atom is -0.376 e. The number of thiazole rings is 1. The molecule has 0 spiro atoms. The molecule has 0 atom stereocenters. The van der Waals surface area contributed by atoms with E-state index in [0.29, 0.717) is 19.8 Å². The lowest BCUT2D eigenvalue weighted by Crippen LogP contribution is -2.61. The topological polar surface area (TPSA) is 80.3 Å². The minimum atomic E-state index is -3.56. The summed E-state index contributed by atoms with van der Waals surface area (Å²) in [6.07, 6.45) is 0.742. The number of benzene rings is 1. The third kappa shape index (κ3) is 2.95. The predicted octanol–water partition coefficient (Wildman–Crippen LogP) is 1.36. The zero-order chi connectivity index (χ0) is 14.9. The Morgan fingerprint density at radius 2 is 2.14 bits per heavy atom. The molecule has 2 aromatic rings. The lowest BCUT2D eigenvalue weighted by Gasteiger charge is -2.39. The van der Waals surface area contributed by atoms with Gasteiger partial charge in [0.15, 0.2) is 0 Å². The number of aromatic nitrogens is 1. The third-order valence-electron chi connectivity index (χ3n) is 3.27. The van der Waals surface area contributed by atoms with Gasteiger partial charge in [-0.15, -0.1) is 11.3 Å². The van der Waals surface area contributed by atoms with Crippen LogP contribution in [0.1, 0.15) is 18.4 Å². The molecular weight excluding hydrogens is 310 g/mol. The Balaban J connectivity index is 1.89. The molecule has 114 valence electrons. The van der Waals surface area contributed by atoms with Crippen LogP contribution in [0.2, 0.25) is 0 Å². The van der Waals surface area contributed by atoms with Crippen molar-refractivity contribution in [2.24, 2.45) is 0 Å². The first-order valence-electron chi connectivity index (χ1n) is 6.77. The Labute approximate surface area is 127 Å². The van der Waals surface area contributed by atoms with Gasteiger partial charge in [-0.05, 0) is 18.6 Å². The van der Waals surface area contributed by atoms with E-state index in [0.717, 1.165) is 21.6 Å². The maximum absolute atomic E-state index is 12.1. The summed E-state index contributed by atoms with van der Waals surface area (Å²) in [4.78, 5) is 4.56. The molecule has 1 aliphatic rings. The predicted molar refractivity (Wildman–Crippen MR) is 82.5 cm³/mol. The smallest absolute Gasteiger partial charge is 0.277 e. The molecule has 1 fully saturated rings. The van der Waals surface area contributed by atoms with Crippen molar-refractivity contribution in [3.8, 4) is 0 Å². The quantitative estimate of drug-likeness (QED) is 0.839. The van der Waals surface area contributed by atoms with Crippen LogP contribution < -0.4 is 9.44 Å². The molecule has 1 aromatic heterocycles. The molecule has 0 saturated carbocycles. The van der Waals surface area contributed by atoms with Gasteiger partial charge in [0.25, 0.3) is 10.2 Å². The zero-order valence-electron chi connectivity index (χ0n) is 11.6. The van der Waals surface area contributed by atoms with Crippen molar-refractivity contribution in [1.29, 1.82) is 0 Å². The first-order chi connectivity index (χ1) is 10.0. The molecular formula is C13H17N3O3S2. The van der Waals surface area contributed by atoms with Crippen molar-refractivity contribution < 1.29 is 13.2 Å². The van der Waals surface area contributed by atoms with Crippen LogP contribution in [0.15, 0.2) is 24.3 Å². The Hall–Kier alpha value is -1.06. The van der Waals surface area contributed by atoms with E-state index in [1.165, 1.54) is 11.3 Å². The maximum Gasteiger partial charge on any atom is 0.277 e. The van der Waals surface area contributed by atoms with Gasteiger partial charge in [0.1, 0.15) is 10.5 Å². The average molecular weight is 327 g/mol. The Morgan fingerprint density at radius 1 is 1.38 bits per heavy atom. The van der Waals surface area contributed by atoms with Gasteiger partial charge < -0.3 is 4.74 Å². The maximum atomic E-state index is 12.1. The fourth-order valence-electron chi connectivity index (χ4n) is 2.14. The number of fused-ring (bicyclic) bond motifs is 1. The van der Waals surface area contributed by atoms with Crippen molar-refractivity contribution in [3.05, 3.63) is 29.3 Å². The summed E-state index contributed by atoms with van der Waals surface area (Å²) in [6, 6.07) is 7.77. The molecule has 0 amide bonds. The Bertz CT molecular complexity index is 705. The van der Waals surface area contributed by atoms with Crippen LogP contribution >= 0.6 is 11.3 Å². The first kappa shape index (κ1) is 14.9. The van der Waals surface area contributed by atoms with Crippen molar-refractivity contribution in [1.82, 2.24) is 14.4 Å². The Kier molecular flexibility index (Phi) is 3.98. The number of para-hydroxylation sites is 1. The highest BCUT2D eigenvalue weighted by Crippen LogP contribution is 2.35. The second kappa shape index (κ2) is 5.62. The SMILES string of the molecule is CCCNS(=O)(=O)NC1(c2nc3ccccc3s2)COC1. The van der Waals surface area contributed by atoms with Gasteiger partial charge in [-0.2, -0.15) is 13.1 Å². The standard InChI is InChI=1S/C13H17N3O3S2/c1-2-7-14-21(17,18)16-13(8-19-9-13)12-15-10-5-3-4-6-11(10)20-12/h3-6,14,16H,2,7-9H2,1H3. The first-order valence-corrected chi connectivity index (χ1v) is 9.07. The molecule has 0 aliphatic carbocycles. The molecule has 1 aromatic carbocycles. The largest absolute Gasteiger partial charge is 0.376 e. The third-order valence-corrected chi connectivity index (χ3v) is 5.76. The van der Waals surface area contributed by atoms with Crippen LogP contribution in [0, 0.1) is 0 Å². The molecule has 2 N–H and O–H groups in total. The van der Waals surface area contributed by atoms with Crippen molar-refractivity contribution in [2.75, 3.05) is 19.8 Å². The van der Waals surface area contributed by atoms with Gasteiger partial charge in [-0.25, -0.2) is 9.71 Å². The Morgan fingerprint density at radius 3 is 2.76 bits per heavy atom. The molecule has 2 heterocycles. The van der Waals surface area contributed by atoms with E-state index in [1.807, 2.05) is 31.2 Å². The summed E-state index contributed by atoms with van der Waals surface area (Å²) in [5, 5.41) is 0.747. The monoisotopic (exact) mass is 327 g/mol. The van der Waals surface area contributed by atoms with Gasteiger partial charge in [-0.1, -0.05) is 19.1 Å². The average Bonchev–Trinajstić information content (AvgIpc) is 2.85. The minimum absolute atomic E-state index is 0.305. The summed E-state index contributed by atoms with van der Waals surface area (Å²) in [5.74, 6) is 0. The second-order valence-electron chi connectivity index (χ2n) is 5.06. The second-order valence-corrected chi connectivity index (χ2v) is 7.59. The van der Waals surface area contributed by atoms with E-state index in [4.69, 9.17) is 4.74 Å². The van der Waals surface area contributed by atoms with Crippen LogP contribution in [0.4, 0.5) is 0 Å². The summed E-state index contributed by atoms with van der Waals surface area (Å²) in [5.41, 5.74) is 0.132. The van der Waals surface area contributed by atoms with Crippen LogP contribution in [-0.2, 0) is 20.5 Å². The summed E-state index contributed by atoms with van der Waals surface area (Å²) < 4.78 is 35.7. The van der Waals surface area contributed by atoms with Gasteiger partial charge in [0.2, 0.25) is 0 Å². The molecule has 0 unspecified atom stereocenters. The molecule has 3 rings (SSSR count).